The molecule has 1 aliphatic heterocycles. The lowest BCUT2D eigenvalue weighted by Crippen LogP contribution is -2.34. The van der Waals surface area contributed by atoms with Crippen molar-refractivity contribution in [1.82, 2.24) is 19.2 Å². The van der Waals surface area contributed by atoms with E-state index in [0.29, 0.717) is 11.4 Å². The molecule has 1 aliphatic rings. The van der Waals surface area contributed by atoms with Crippen LogP contribution in [-0.4, -0.2) is 45.4 Å². The zero-order valence-corrected chi connectivity index (χ0v) is 17.0. The van der Waals surface area contributed by atoms with Crippen LogP contribution in [0.5, 0.6) is 0 Å². The highest BCUT2D eigenvalue weighted by molar-refractivity contribution is 5.87. The molecule has 1 fully saturated rings. The summed E-state index contributed by atoms with van der Waals surface area (Å²) in [5, 5.41) is 3.60. The van der Waals surface area contributed by atoms with Gasteiger partial charge in [-0.3, -0.25) is 4.90 Å². The van der Waals surface area contributed by atoms with E-state index in [1.807, 2.05) is 29.0 Å². The molecular weight excluding hydrogens is 409 g/mol. The fourth-order valence-electron chi connectivity index (χ4n) is 3.98. The number of halogens is 3. The first-order chi connectivity index (χ1) is 14.8. The SMILES string of the molecule is COC(=O)c1cccn1C1CCN(Cc2ccc(-n3ccc(C(F)(F)F)n3)cc2)CC1. The molecule has 0 atom stereocenters. The number of methoxy groups -OCH3 is 1. The molecule has 4 rings (SSSR count). The van der Waals surface area contributed by atoms with Crippen molar-refractivity contribution in [3.63, 3.8) is 0 Å². The molecule has 0 radical (unpaired) electrons. The maximum Gasteiger partial charge on any atom is 0.435 e. The molecule has 31 heavy (non-hydrogen) atoms. The second kappa shape index (κ2) is 8.58. The van der Waals surface area contributed by atoms with E-state index in [0.717, 1.165) is 44.1 Å². The topological polar surface area (TPSA) is 52.3 Å². The highest BCUT2D eigenvalue weighted by Crippen LogP contribution is 2.28. The third-order valence-electron chi connectivity index (χ3n) is 5.61. The number of rotatable bonds is 5. The van der Waals surface area contributed by atoms with Crippen LogP contribution in [0.15, 0.2) is 54.9 Å². The summed E-state index contributed by atoms with van der Waals surface area (Å²) in [6.45, 7) is 2.54. The summed E-state index contributed by atoms with van der Waals surface area (Å²) in [6, 6.07) is 12.2. The highest BCUT2D eigenvalue weighted by Gasteiger charge is 2.33. The molecule has 0 spiro atoms. The van der Waals surface area contributed by atoms with Gasteiger partial charge in [0.1, 0.15) is 5.69 Å². The van der Waals surface area contributed by atoms with E-state index in [4.69, 9.17) is 4.74 Å². The largest absolute Gasteiger partial charge is 0.464 e. The molecular formula is C22H23F3N4O2. The Morgan fingerprint density at radius 1 is 1.10 bits per heavy atom. The maximum atomic E-state index is 12.7. The van der Waals surface area contributed by atoms with Crippen LogP contribution in [0.2, 0.25) is 0 Å². The van der Waals surface area contributed by atoms with Crippen molar-refractivity contribution >= 4 is 5.97 Å². The summed E-state index contributed by atoms with van der Waals surface area (Å²) < 4.78 is 46.3. The number of hydrogen-bond acceptors (Lipinski definition) is 4. The zero-order chi connectivity index (χ0) is 22.0. The van der Waals surface area contributed by atoms with Gasteiger partial charge in [0.25, 0.3) is 0 Å². The second-order valence-electron chi connectivity index (χ2n) is 7.61. The van der Waals surface area contributed by atoms with E-state index in [1.165, 1.54) is 18.0 Å². The van der Waals surface area contributed by atoms with E-state index < -0.39 is 11.9 Å². The average molecular weight is 432 g/mol. The third-order valence-corrected chi connectivity index (χ3v) is 5.61. The van der Waals surface area contributed by atoms with Gasteiger partial charge in [-0.2, -0.15) is 18.3 Å². The number of hydrogen-bond donors (Lipinski definition) is 0. The molecule has 0 saturated carbocycles. The monoisotopic (exact) mass is 432 g/mol. The Hall–Kier alpha value is -3.07. The van der Waals surface area contributed by atoms with Gasteiger partial charge in [0.15, 0.2) is 5.69 Å². The van der Waals surface area contributed by atoms with Crippen LogP contribution in [-0.2, 0) is 17.5 Å². The number of ether oxygens (including phenoxy) is 1. The highest BCUT2D eigenvalue weighted by atomic mass is 19.4. The maximum absolute atomic E-state index is 12.7. The minimum absolute atomic E-state index is 0.255. The summed E-state index contributed by atoms with van der Waals surface area (Å²) in [7, 11) is 1.38. The zero-order valence-electron chi connectivity index (χ0n) is 17.0. The molecule has 0 N–H and O–H groups in total. The lowest BCUT2D eigenvalue weighted by molar-refractivity contribution is -0.141. The summed E-state index contributed by atoms with van der Waals surface area (Å²) >= 11 is 0. The van der Waals surface area contributed by atoms with Crippen LogP contribution < -0.4 is 0 Å². The average Bonchev–Trinajstić information content (AvgIpc) is 3.44. The number of alkyl halides is 3. The van der Waals surface area contributed by atoms with Crippen molar-refractivity contribution in [2.45, 2.75) is 31.6 Å². The van der Waals surface area contributed by atoms with E-state index in [9.17, 15) is 18.0 Å². The number of esters is 1. The van der Waals surface area contributed by atoms with Crippen LogP contribution in [0.4, 0.5) is 13.2 Å². The van der Waals surface area contributed by atoms with Gasteiger partial charge in [-0.25, -0.2) is 9.48 Å². The first-order valence-corrected chi connectivity index (χ1v) is 10.0. The molecule has 6 nitrogen and oxygen atoms in total. The van der Waals surface area contributed by atoms with Gasteiger partial charge in [-0.1, -0.05) is 12.1 Å². The minimum atomic E-state index is -4.45. The van der Waals surface area contributed by atoms with Crippen LogP contribution >= 0.6 is 0 Å². The Bertz CT molecular complexity index is 1030. The number of carbonyl (C=O) groups is 1. The van der Waals surface area contributed by atoms with Gasteiger partial charge in [-0.15, -0.1) is 0 Å². The molecule has 164 valence electrons. The Morgan fingerprint density at radius 2 is 1.81 bits per heavy atom. The molecule has 0 amide bonds. The van der Waals surface area contributed by atoms with Gasteiger partial charge < -0.3 is 9.30 Å². The Kier molecular flexibility index (Phi) is 5.86. The number of piperidine rings is 1. The summed E-state index contributed by atoms with van der Waals surface area (Å²) in [5.41, 5.74) is 1.34. The van der Waals surface area contributed by atoms with Gasteiger partial charge >= 0.3 is 12.1 Å². The molecule has 3 heterocycles. The molecule has 9 heteroatoms. The van der Waals surface area contributed by atoms with E-state index >= 15 is 0 Å². The first kappa shape index (κ1) is 21.2. The van der Waals surface area contributed by atoms with E-state index in [1.54, 1.807) is 18.2 Å². The Balaban J connectivity index is 1.34. The van der Waals surface area contributed by atoms with Crippen molar-refractivity contribution in [1.29, 1.82) is 0 Å². The van der Waals surface area contributed by atoms with Gasteiger partial charge in [0.2, 0.25) is 0 Å². The number of likely N-dealkylation sites (tertiary alicyclic amines) is 1. The predicted octanol–water partition coefficient (Wildman–Crippen LogP) is 4.32. The van der Waals surface area contributed by atoms with Crippen LogP contribution in [0.25, 0.3) is 5.69 Å². The molecule has 0 bridgehead atoms. The predicted molar refractivity (Wildman–Crippen MR) is 108 cm³/mol. The lowest BCUT2D eigenvalue weighted by atomic mass is 10.0. The quantitative estimate of drug-likeness (QED) is 0.564. The Labute approximate surface area is 177 Å². The second-order valence-corrected chi connectivity index (χ2v) is 7.61. The fraction of sp³-hybridized carbons (Fsp3) is 0.364. The molecule has 1 aromatic carbocycles. The van der Waals surface area contributed by atoms with Crippen LogP contribution in [0.1, 0.15) is 40.6 Å². The first-order valence-electron chi connectivity index (χ1n) is 10.0. The van der Waals surface area contributed by atoms with Crippen molar-refractivity contribution in [3.8, 4) is 5.69 Å². The third kappa shape index (κ3) is 4.66. The van der Waals surface area contributed by atoms with Crippen molar-refractivity contribution < 1.29 is 22.7 Å². The smallest absolute Gasteiger partial charge is 0.435 e. The van der Waals surface area contributed by atoms with E-state index in [2.05, 4.69) is 10.00 Å². The number of nitrogens with zero attached hydrogens (tertiary/aromatic N) is 4. The molecule has 1 saturated heterocycles. The van der Waals surface area contributed by atoms with Gasteiger partial charge in [-0.05, 0) is 48.7 Å². The van der Waals surface area contributed by atoms with Crippen molar-refractivity contribution in [2.24, 2.45) is 0 Å². The molecule has 3 aromatic rings. The summed E-state index contributed by atoms with van der Waals surface area (Å²) in [4.78, 5) is 14.2. The van der Waals surface area contributed by atoms with Crippen LogP contribution in [0.3, 0.4) is 0 Å². The molecule has 2 aromatic heterocycles. The summed E-state index contributed by atoms with van der Waals surface area (Å²) in [6.07, 6.45) is 0.626. The van der Waals surface area contributed by atoms with Gasteiger partial charge in [0.05, 0.1) is 12.8 Å². The molecule has 0 unspecified atom stereocenters. The summed E-state index contributed by atoms with van der Waals surface area (Å²) in [5.74, 6) is -0.327. The Morgan fingerprint density at radius 3 is 2.42 bits per heavy atom. The molecule has 0 aliphatic carbocycles. The van der Waals surface area contributed by atoms with Crippen LogP contribution in [0, 0.1) is 0 Å². The van der Waals surface area contributed by atoms with Crippen molar-refractivity contribution in [2.75, 3.05) is 20.2 Å². The van der Waals surface area contributed by atoms with Gasteiger partial charge in [0, 0.05) is 38.1 Å². The van der Waals surface area contributed by atoms with Crippen molar-refractivity contribution in [3.05, 3.63) is 71.8 Å². The number of aromatic nitrogens is 3. The minimum Gasteiger partial charge on any atom is -0.464 e. The fourth-order valence-corrected chi connectivity index (χ4v) is 3.98. The van der Waals surface area contributed by atoms with E-state index in [-0.39, 0.29) is 12.0 Å². The standard InChI is InChI=1S/C22H23F3N4O2/c1-31-21(30)19-3-2-11-28(19)17-8-12-27(13-9-17)15-16-4-6-18(7-5-16)29-14-10-20(26-29)22(23,24)25/h2-7,10-11,14,17H,8-9,12-13,15H2,1H3. The number of carbonyl (C=O) groups excluding carboxylic acids is 1. The lowest BCUT2D eigenvalue weighted by Gasteiger charge is -2.33. The normalized spacial score (nSPS) is 15.9. The number of benzene rings is 1.